The van der Waals surface area contributed by atoms with Gasteiger partial charge in [-0.2, -0.15) is 0 Å². The molecule has 0 unspecified atom stereocenters. The Morgan fingerprint density at radius 1 is 0.511 bits per heavy atom. The van der Waals surface area contributed by atoms with E-state index >= 15 is 0 Å². The second-order valence-electron chi connectivity index (χ2n) is 9.65. The summed E-state index contributed by atoms with van der Waals surface area (Å²) in [6, 6.07) is 18.3. The van der Waals surface area contributed by atoms with E-state index in [2.05, 4.69) is 19.7 Å². The predicted molar refractivity (Wildman–Crippen MR) is 172 cm³/mol. The minimum atomic E-state index is -0.898. The van der Waals surface area contributed by atoms with Crippen molar-refractivity contribution >= 4 is 24.1 Å². The Bertz CT molecular complexity index is 1510. The van der Waals surface area contributed by atoms with Crippen molar-refractivity contribution in [3.05, 3.63) is 122 Å². The number of hydrogen-bond donors (Lipinski definition) is 0. The molecule has 11 heteroatoms. The van der Waals surface area contributed by atoms with Crippen LogP contribution < -0.4 is 18.9 Å². The van der Waals surface area contributed by atoms with Gasteiger partial charge in [0.1, 0.15) is 28.8 Å². The molecule has 3 aromatic rings. The van der Waals surface area contributed by atoms with Gasteiger partial charge in [-0.1, -0.05) is 19.7 Å². The number of ether oxygens (including phenoxy) is 7. The molecule has 0 N–H and O–H groups in total. The van der Waals surface area contributed by atoms with Crippen LogP contribution in [0.1, 0.15) is 46.4 Å². The van der Waals surface area contributed by atoms with E-state index in [0.717, 1.165) is 18.9 Å². The molecule has 0 saturated heterocycles. The molecule has 3 rings (SSSR count). The van der Waals surface area contributed by atoms with Gasteiger partial charge in [-0.05, 0) is 105 Å². The zero-order valence-electron chi connectivity index (χ0n) is 25.9. The Morgan fingerprint density at radius 2 is 0.936 bits per heavy atom. The van der Waals surface area contributed by atoms with Gasteiger partial charge in [-0.25, -0.2) is 19.2 Å². The van der Waals surface area contributed by atoms with Crippen LogP contribution in [0.5, 0.6) is 23.0 Å². The molecule has 0 fully saturated rings. The number of hydrogen-bond acceptors (Lipinski definition) is 11. The van der Waals surface area contributed by atoms with Crippen LogP contribution in [0.3, 0.4) is 0 Å². The van der Waals surface area contributed by atoms with Crippen LogP contribution in [-0.4, -0.2) is 50.5 Å². The van der Waals surface area contributed by atoms with Gasteiger partial charge in [0.25, 0.3) is 0 Å². The van der Waals surface area contributed by atoms with Crippen LogP contribution in [0.15, 0.2) is 110 Å². The number of carbonyl (C=O) groups is 4. The minimum Gasteiger partial charge on any atom is -0.494 e. The van der Waals surface area contributed by atoms with E-state index in [1.165, 1.54) is 48.5 Å². The van der Waals surface area contributed by atoms with Crippen molar-refractivity contribution in [2.24, 2.45) is 0 Å². The Labute approximate surface area is 272 Å². The highest BCUT2D eigenvalue weighted by Gasteiger charge is 2.13. The number of esters is 3. The summed E-state index contributed by atoms with van der Waals surface area (Å²) in [4.78, 5) is 48.0. The average Bonchev–Trinajstić information content (AvgIpc) is 3.08. The fourth-order valence-corrected chi connectivity index (χ4v) is 3.63. The van der Waals surface area contributed by atoms with E-state index in [1.54, 1.807) is 30.3 Å². The third-order valence-electron chi connectivity index (χ3n) is 6.12. The standard InChI is InChI=1S/C36H36O11/c1-4-26(3)41-22-6-7-23-42-29-14-10-27(11-15-29)34(38)45-30-16-12-28(13-17-30)35(39)46-31-18-20-32(21-19-31)47-36(40)44-25-9-8-24-43-33(37)5-2/h4-5,10-21H,1-3,6-9,22-25H2. The molecule has 0 saturated carbocycles. The number of allylic oxidation sites excluding steroid dienone is 1. The van der Waals surface area contributed by atoms with Gasteiger partial charge >= 0.3 is 24.1 Å². The van der Waals surface area contributed by atoms with Crippen molar-refractivity contribution in [2.75, 3.05) is 26.4 Å². The SMILES string of the molecule is C=CC(=C)OCCCCOc1ccc(C(=O)Oc2ccc(C(=O)Oc3ccc(OC(=O)OCCCCOC(=O)C=C)cc3)cc2)cc1. The zero-order chi connectivity index (χ0) is 33.9. The molecule has 11 nitrogen and oxygen atoms in total. The normalized spacial score (nSPS) is 10.1. The van der Waals surface area contributed by atoms with Gasteiger partial charge in [0, 0.05) is 6.08 Å². The van der Waals surface area contributed by atoms with Crippen molar-refractivity contribution in [3.8, 4) is 23.0 Å². The Balaban J connectivity index is 1.37. The van der Waals surface area contributed by atoms with Crippen molar-refractivity contribution in [1.29, 1.82) is 0 Å². The molecule has 0 aliphatic carbocycles. The van der Waals surface area contributed by atoms with E-state index in [4.69, 9.17) is 33.2 Å². The third-order valence-corrected chi connectivity index (χ3v) is 6.12. The molecule has 0 radical (unpaired) electrons. The maximum atomic E-state index is 12.6. The maximum Gasteiger partial charge on any atom is 0.513 e. The van der Waals surface area contributed by atoms with Crippen LogP contribution in [0, 0.1) is 0 Å². The predicted octanol–water partition coefficient (Wildman–Crippen LogP) is 7.03. The lowest BCUT2D eigenvalue weighted by atomic mass is 10.2. The van der Waals surface area contributed by atoms with Crippen LogP contribution in [0.2, 0.25) is 0 Å². The lowest BCUT2D eigenvalue weighted by molar-refractivity contribution is -0.137. The molecule has 0 aliphatic rings. The summed E-state index contributed by atoms with van der Waals surface area (Å²) in [5, 5.41) is 0. The van der Waals surface area contributed by atoms with Gasteiger partial charge in [0.2, 0.25) is 0 Å². The molecular formula is C36H36O11. The third kappa shape index (κ3) is 13.4. The topological polar surface area (TPSA) is 133 Å². The Kier molecular flexibility index (Phi) is 14.8. The fraction of sp³-hybridized carbons (Fsp3) is 0.222. The van der Waals surface area contributed by atoms with Gasteiger partial charge in [-0.15, -0.1) is 0 Å². The molecule has 0 bridgehead atoms. The lowest BCUT2D eigenvalue weighted by Crippen LogP contribution is -2.12. The Hall–Kier alpha value is -5.84. The quantitative estimate of drug-likeness (QED) is 0.0253. The molecule has 0 amide bonds. The van der Waals surface area contributed by atoms with Crippen molar-refractivity contribution < 1.29 is 52.3 Å². The number of benzene rings is 3. The Morgan fingerprint density at radius 3 is 1.45 bits per heavy atom. The van der Waals surface area contributed by atoms with Crippen LogP contribution in [0.4, 0.5) is 4.79 Å². The highest BCUT2D eigenvalue weighted by molar-refractivity contribution is 5.92. The largest absolute Gasteiger partial charge is 0.513 e. The summed E-state index contributed by atoms with van der Waals surface area (Å²) in [6.45, 7) is 11.9. The molecule has 0 aromatic heterocycles. The van der Waals surface area contributed by atoms with Crippen LogP contribution >= 0.6 is 0 Å². The molecule has 47 heavy (non-hydrogen) atoms. The summed E-state index contributed by atoms with van der Waals surface area (Å²) < 4.78 is 36.7. The van der Waals surface area contributed by atoms with E-state index in [-0.39, 0.29) is 36.0 Å². The lowest BCUT2D eigenvalue weighted by Gasteiger charge is -2.09. The minimum absolute atomic E-state index is 0.0904. The van der Waals surface area contributed by atoms with Gasteiger partial charge in [0.05, 0.1) is 37.6 Å². The first-order valence-corrected chi connectivity index (χ1v) is 14.7. The number of rotatable bonds is 19. The highest BCUT2D eigenvalue weighted by Crippen LogP contribution is 2.21. The average molecular weight is 645 g/mol. The highest BCUT2D eigenvalue weighted by atomic mass is 16.7. The van der Waals surface area contributed by atoms with E-state index in [0.29, 0.717) is 43.1 Å². The van der Waals surface area contributed by atoms with Gasteiger partial charge in [-0.3, -0.25) is 0 Å². The first-order valence-electron chi connectivity index (χ1n) is 14.7. The molecule has 3 aromatic carbocycles. The molecule has 0 aliphatic heterocycles. The summed E-state index contributed by atoms with van der Waals surface area (Å²) in [6.07, 6.45) is 4.32. The molecule has 246 valence electrons. The van der Waals surface area contributed by atoms with Crippen LogP contribution in [0.25, 0.3) is 0 Å². The van der Waals surface area contributed by atoms with Gasteiger partial charge < -0.3 is 33.2 Å². The smallest absolute Gasteiger partial charge is 0.494 e. The van der Waals surface area contributed by atoms with Crippen molar-refractivity contribution in [2.45, 2.75) is 25.7 Å². The zero-order valence-corrected chi connectivity index (χ0v) is 25.9. The van der Waals surface area contributed by atoms with E-state index < -0.39 is 24.1 Å². The van der Waals surface area contributed by atoms with Crippen molar-refractivity contribution in [1.82, 2.24) is 0 Å². The molecule has 0 heterocycles. The van der Waals surface area contributed by atoms with E-state index in [1.807, 2.05) is 0 Å². The molecule has 0 atom stereocenters. The first kappa shape index (κ1) is 35.6. The first-order chi connectivity index (χ1) is 22.8. The summed E-state index contributed by atoms with van der Waals surface area (Å²) >= 11 is 0. The monoisotopic (exact) mass is 644 g/mol. The summed E-state index contributed by atoms with van der Waals surface area (Å²) in [5.41, 5.74) is 0.563. The van der Waals surface area contributed by atoms with E-state index in [9.17, 15) is 19.2 Å². The summed E-state index contributed by atoms with van der Waals surface area (Å²) in [7, 11) is 0. The van der Waals surface area contributed by atoms with Gasteiger partial charge in [0.15, 0.2) is 0 Å². The van der Waals surface area contributed by atoms with Crippen molar-refractivity contribution in [3.63, 3.8) is 0 Å². The number of unbranched alkanes of at least 4 members (excludes halogenated alkanes) is 2. The second-order valence-corrected chi connectivity index (χ2v) is 9.65. The maximum absolute atomic E-state index is 12.6. The summed E-state index contributed by atoms with van der Waals surface area (Å²) in [5.74, 6) is 0.106. The fourth-order valence-electron chi connectivity index (χ4n) is 3.63. The second kappa shape index (κ2) is 19.5. The molecular weight excluding hydrogens is 608 g/mol. The number of carbonyl (C=O) groups excluding carboxylic acids is 4. The molecule has 0 spiro atoms. The van der Waals surface area contributed by atoms with Crippen LogP contribution in [-0.2, 0) is 19.0 Å².